The summed E-state index contributed by atoms with van der Waals surface area (Å²) in [5, 5.41) is 14.7. The SMILES string of the molecule is O=C(N[C@H]1CN(Cc2ccsc2)[C@@H]2CCCO[C@H]12)C1CC1.O=C(O)C(F)(F)F. The van der Waals surface area contributed by atoms with Crippen LogP contribution in [0.3, 0.4) is 0 Å². The largest absolute Gasteiger partial charge is 0.490 e. The second kappa shape index (κ2) is 8.79. The van der Waals surface area contributed by atoms with E-state index in [9.17, 15) is 18.0 Å². The van der Waals surface area contributed by atoms with Crippen molar-refractivity contribution in [2.75, 3.05) is 13.2 Å². The lowest BCUT2D eigenvalue weighted by atomic mass is 10.0. The summed E-state index contributed by atoms with van der Waals surface area (Å²) in [6.45, 7) is 2.73. The number of nitrogens with one attached hydrogen (secondary N) is 1. The average molecular weight is 420 g/mol. The number of carboxylic acid groups (broad SMARTS) is 1. The van der Waals surface area contributed by atoms with Crippen LogP contribution in [0, 0.1) is 5.92 Å². The summed E-state index contributed by atoms with van der Waals surface area (Å²) in [5.74, 6) is -2.24. The smallest absolute Gasteiger partial charge is 0.475 e. The van der Waals surface area contributed by atoms with Crippen molar-refractivity contribution in [2.24, 2.45) is 5.92 Å². The van der Waals surface area contributed by atoms with Gasteiger partial charge in [-0.2, -0.15) is 24.5 Å². The van der Waals surface area contributed by atoms with E-state index in [0.29, 0.717) is 6.04 Å². The van der Waals surface area contributed by atoms with Crippen molar-refractivity contribution in [3.05, 3.63) is 22.4 Å². The molecule has 3 aliphatic rings. The Morgan fingerprint density at radius 2 is 2.04 bits per heavy atom. The van der Waals surface area contributed by atoms with Gasteiger partial charge in [0.25, 0.3) is 0 Å². The van der Waals surface area contributed by atoms with Crippen LogP contribution in [-0.2, 0) is 20.9 Å². The van der Waals surface area contributed by atoms with Gasteiger partial charge in [0.2, 0.25) is 5.91 Å². The molecule has 1 saturated carbocycles. The third kappa shape index (κ3) is 5.45. The number of nitrogens with zero attached hydrogens (tertiary/aromatic N) is 1. The Labute approximate surface area is 164 Å². The third-order valence-electron chi connectivity index (χ3n) is 5.11. The summed E-state index contributed by atoms with van der Waals surface area (Å²) < 4.78 is 37.7. The van der Waals surface area contributed by atoms with E-state index in [4.69, 9.17) is 14.6 Å². The number of ether oxygens (including phenoxy) is 1. The highest BCUT2D eigenvalue weighted by molar-refractivity contribution is 7.07. The molecule has 2 N–H and O–H groups in total. The van der Waals surface area contributed by atoms with Crippen LogP contribution >= 0.6 is 11.3 Å². The summed E-state index contributed by atoms with van der Waals surface area (Å²) in [4.78, 5) is 23.5. The monoisotopic (exact) mass is 420 g/mol. The molecule has 4 rings (SSSR count). The van der Waals surface area contributed by atoms with Crippen molar-refractivity contribution < 1.29 is 32.6 Å². The molecule has 3 fully saturated rings. The number of rotatable bonds is 4. The average Bonchev–Trinajstić information content (AvgIpc) is 3.28. The summed E-state index contributed by atoms with van der Waals surface area (Å²) in [5.41, 5.74) is 1.37. The van der Waals surface area contributed by atoms with Gasteiger partial charge in [-0.1, -0.05) is 0 Å². The number of carboxylic acids is 1. The summed E-state index contributed by atoms with van der Waals surface area (Å²) in [6, 6.07) is 2.82. The van der Waals surface area contributed by atoms with Gasteiger partial charge in [-0.15, -0.1) is 0 Å². The predicted octanol–water partition coefficient (Wildman–Crippen LogP) is 2.64. The van der Waals surface area contributed by atoms with E-state index >= 15 is 0 Å². The van der Waals surface area contributed by atoms with E-state index in [1.165, 1.54) is 12.0 Å². The van der Waals surface area contributed by atoms with Crippen molar-refractivity contribution in [3.63, 3.8) is 0 Å². The normalized spacial score (nSPS) is 27.5. The summed E-state index contributed by atoms with van der Waals surface area (Å²) >= 11 is 1.75. The molecule has 0 bridgehead atoms. The van der Waals surface area contributed by atoms with Gasteiger partial charge in [-0.3, -0.25) is 9.69 Å². The van der Waals surface area contributed by atoms with Crippen LogP contribution in [0.1, 0.15) is 31.2 Å². The molecule has 2 aliphatic heterocycles. The molecule has 28 heavy (non-hydrogen) atoms. The van der Waals surface area contributed by atoms with E-state index in [1.807, 2.05) is 0 Å². The van der Waals surface area contributed by atoms with Crippen LogP contribution in [0.25, 0.3) is 0 Å². The molecule has 3 atom stereocenters. The Bertz CT molecular complexity index is 679. The first kappa shape index (κ1) is 21.1. The highest BCUT2D eigenvalue weighted by Gasteiger charge is 2.45. The first-order valence-corrected chi connectivity index (χ1v) is 10.2. The zero-order valence-electron chi connectivity index (χ0n) is 15.2. The Hall–Kier alpha value is -1.65. The zero-order chi connectivity index (χ0) is 20.3. The molecule has 0 aromatic carbocycles. The summed E-state index contributed by atoms with van der Waals surface area (Å²) in [6.07, 6.45) is -0.465. The molecule has 2 saturated heterocycles. The second-order valence-electron chi connectivity index (χ2n) is 7.30. The van der Waals surface area contributed by atoms with Crippen molar-refractivity contribution in [1.29, 1.82) is 0 Å². The number of carbonyl (C=O) groups excluding carboxylic acids is 1. The van der Waals surface area contributed by atoms with Crippen molar-refractivity contribution in [2.45, 2.75) is 56.6 Å². The number of amides is 1. The fourth-order valence-corrected chi connectivity index (χ4v) is 4.29. The minimum atomic E-state index is -5.08. The van der Waals surface area contributed by atoms with Crippen molar-refractivity contribution in [1.82, 2.24) is 10.2 Å². The maximum atomic E-state index is 12.1. The molecule has 10 heteroatoms. The molecule has 0 radical (unpaired) electrons. The minimum Gasteiger partial charge on any atom is -0.475 e. The Morgan fingerprint density at radius 3 is 2.61 bits per heavy atom. The van der Waals surface area contributed by atoms with Crippen molar-refractivity contribution >= 4 is 23.2 Å². The molecule has 0 unspecified atom stereocenters. The van der Waals surface area contributed by atoms with Crippen LogP contribution in [0.5, 0.6) is 0 Å². The molecule has 0 spiro atoms. The number of hydrogen-bond donors (Lipinski definition) is 2. The molecule has 1 aromatic heterocycles. The van der Waals surface area contributed by atoms with E-state index < -0.39 is 12.1 Å². The molecule has 3 heterocycles. The first-order chi connectivity index (χ1) is 13.3. The van der Waals surface area contributed by atoms with E-state index in [0.717, 1.165) is 39.0 Å². The molecule has 1 aliphatic carbocycles. The van der Waals surface area contributed by atoms with Gasteiger partial charge < -0.3 is 15.2 Å². The minimum absolute atomic E-state index is 0.169. The van der Waals surface area contributed by atoms with Gasteiger partial charge in [0.1, 0.15) is 0 Å². The predicted molar refractivity (Wildman–Crippen MR) is 95.8 cm³/mol. The molecular formula is C18H23F3N2O4S. The summed E-state index contributed by atoms with van der Waals surface area (Å²) in [7, 11) is 0. The van der Waals surface area contributed by atoms with Gasteiger partial charge in [0.05, 0.1) is 12.1 Å². The van der Waals surface area contributed by atoms with Gasteiger partial charge in [0, 0.05) is 31.7 Å². The number of likely N-dealkylation sites (tertiary alicyclic amines) is 1. The first-order valence-electron chi connectivity index (χ1n) is 9.23. The second-order valence-corrected chi connectivity index (χ2v) is 8.08. The Balaban J connectivity index is 0.000000279. The number of fused-ring (bicyclic) bond motifs is 1. The molecule has 6 nitrogen and oxygen atoms in total. The van der Waals surface area contributed by atoms with Gasteiger partial charge in [-0.05, 0) is 48.1 Å². The van der Waals surface area contributed by atoms with E-state index in [-0.39, 0.29) is 24.0 Å². The number of thiophene rings is 1. The number of aliphatic carboxylic acids is 1. The third-order valence-corrected chi connectivity index (χ3v) is 5.85. The number of alkyl halides is 3. The fourth-order valence-electron chi connectivity index (χ4n) is 3.63. The van der Waals surface area contributed by atoms with E-state index in [1.54, 1.807) is 11.3 Å². The Morgan fingerprint density at radius 1 is 1.32 bits per heavy atom. The van der Waals surface area contributed by atoms with Crippen LogP contribution in [0.4, 0.5) is 13.2 Å². The van der Waals surface area contributed by atoms with Crippen molar-refractivity contribution in [3.8, 4) is 0 Å². The fraction of sp³-hybridized carbons (Fsp3) is 0.667. The number of hydrogen-bond acceptors (Lipinski definition) is 5. The molecule has 1 amide bonds. The van der Waals surface area contributed by atoms with Crippen LogP contribution in [0.2, 0.25) is 0 Å². The lowest BCUT2D eigenvalue weighted by Crippen LogP contribution is -2.48. The molecule has 1 aromatic rings. The lowest BCUT2D eigenvalue weighted by Gasteiger charge is -2.32. The number of halogens is 3. The van der Waals surface area contributed by atoms with Crippen LogP contribution in [0.15, 0.2) is 16.8 Å². The Kier molecular flexibility index (Phi) is 6.61. The van der Waals surface area contributed by atoms with Gasteiger partial charge in [0.15, 0.2) is 0 Å². The maximum Gasteiger partial charge on any atom is 0.490 e. The molecule has 156 valence electrons. The molecular weight excluding hydrogens is 397 g/mol. The number of carbonyl (C=O) groups is 2. The van der Waals surface area contributed by atoms with Crippen LogP contribution in [-0.4, -0.2) is 59.4 Å². The van der Waals surface area contributed by atoms with E-state index in [2.05, 4.69) is 27.0 Å². The highest BCUT2D eigenvalue weighted by atomic mass is 32.1. The lowest BCUT2D eigenvalue weighted by molar-refractivity contribution is -0.192. The van der Waals surface area contributed by atoms with Gasteiger partial charge >= 0.3 is 12.1 Å². The zero-order valence-corrected chi connectivity index (χ0v) is 16.0. The topological polar surface area (TPSA) is 78.9 Å². The quantitative estimate of drug-likeness (QED) is 0.783. The standard InChI is InChI=1S/C16H22N2O2S.C2HF3O2/c19-16(12-3-4-12)17-13-9-18(8-11-5-7-21-10-11)14-2-1-6-20-15(13)14;3-2(4,5)1(6)7/h5,7,10,12-15H,1-4,6,8-9H2,(H,17,19);(H,6,7)/t13-,14+,15+;/m0./s1. The van der Waals surface area contributed by atoms with Gasteiger partial charge in [-0.25, -0.2) is 4.79 Å². The maximum absolute atomic E-state index is 12.1. The highest BCUT2D eigenvalue weighted by Crippen LogP contribution is 2.33. The van der Waals surface area contributed by atoms with Crippen LogP contribution < -0.4 is 5.32 Å².